The summed E-state index contributed by atoms with van der Waals surface area (Å²) in [5, 5.41) is 14.1. The standard InChI is InChI=1S/C27H33Cl2F3N4O4/c1-25(2)8-6-17(40-25)15-35(11-7-18-20(28)13-33-14-21(18)29)23(37)19-12-34-36(22(19)27(30,31)32)16-4-9-26(3,10-5-16)24(38)39/h12-14,16-17H,4-11,15H2,1-3H3,(H,38,39). The van der Waals surface area contributed by atoms with E-state index in [1.165, 1.54) is 17.3 Å². The summed E-state index contributed by atoms with van der Waals surface area (Å²) in [4.78, 5) is 30.7. The first-order valence-electron chi connectivity index (χ1n) is 13.2. The number of carbonyl (C=O) groups is 2. The number of nitrogens with zero attached hydrogens (tertiary/aromatic N) is 4. The van der Waals surface area contributed by atoms with Gasteiger partial charge in [0.05, 0.1) is 45.0 Å². The van der Waals surface area contributed by atoms with Gasteiger partial charge < -0.3 is 14.7 Å². The van der Waals surface area contributed by atoms with Crippen molar-refractivity contribution in [2.24, 2.45) is 5.41 Å². The number of halogens is 5. The topological polar surface area (TPSA) is 97.6 Å². The van der Waals surface area contributed by atoms with Crippen molar-refractivity contribution in [3.05, 3.63) is 45.5 Å². The summed E-state index contributed by atoms with van der Waals surface area (Å²) in [6, 6.07) is -0.674. The third-order valence-corrected chi connectivity index (χ3v) is 8.72. The van der Waals surface area contributed by atoms with Gasteiger partial charge in [-0.15, -0.1) is 0 Å². The summed E-state index contributed by atoms with van der Waals surface area (Å²) >= 11 is 12.5. The lowest BCUT2D eigenvalue weighted by Gasteiger charge is -2.34. The Hall–Kier alpha value is -2.37. The predicted octanol–water partition coefficient (Wildman–Crippen LogP) is 6.45. The molecule has 220 valence electrons. The number of hydrogen-bond acceptors (Lipinski definition) is 5. The number of hydrogen-bond donors (Lipinski definition) is 1. The number of carboxylic acids is 1. The number of carbonyl (C=O) groups excluding carboxylic acids is 1. The molecule has 2 fully saturated rings. The molecule has 4 rings (SSSR count). The monoisotopic (exact) mass is 604 g/mol. The van der Waals surface area contributed by atoms with Crippen molar-refractivity contribution >= 4 is 35.1 Å². The fourth-order valence-corrected chi connectivity index (χ4v) is 6.15. The zero-order valence-electron chi connectivity index (χ0n) is 22.6. The molecule has 2 aromatic heterocycles. The van der Waals surface area contributed by atoms with E-state index in [2.05, 4.69) is 10.1 Å². The SMILES string of the molecule is CC1(C)CCC(CN(CCc2c(Cl)cncc2Cl)C(=O)c2cnn(C3CCC(C)(C(=O)O)CC3)c2C(F)(F)F)O1. The molecule has 1 saturated heterocycles. The van der Waals surface area contributed by atoms with E-state index in [-0.39, 0.29) is 51.3 Å². The maximum absolute atomic E-state index is 14.5. The fraction of sp³-hybridized carbons (Fsp3) is 0.630. The van der Waals surface area contributed by atoms with Gasteiger partial charge in [-0.2, -0.15) is 18.3 Å². The number of amides is 1. The van der Waals surface area contributed by atoms with Crippen molar-refractivity contribution in [1.29, 1.82) is 0 Å². The van der Waals surface area contributed by atoms with Crippen molar-refractivity contribution in [2.75, 3.05) is 13.1 Å². The van der Waals surface area contributed by atoms with Crippen LogP contribution in [0.15, 0.2) is 18.6 Å². The molecule has 13 heteroatoms. The average Bonchev–Trinajstić information content (AvgIpc) is 3.46. The number of pyridine rings is 1. The van der Waals surface area contributed by atoms with Crippen molar-refractivity contribution in [3.63, 3.8) is 0 Å². The largest absolute Gasteiger partial charge is 0.481 e. The predicted molar refractivity (Wildman–Crippen MR) is 143 cm³/mol. The summed E-state index contributed by atoms with van der Waals surface area (Å²) in [6.45, 7) is 5.60. The quantitative estimate of drug-likeness (QED) is 0.372. The Morgan fingerprint density at radius 1 is 1.10 bits per heavy atom. The van der Waals surface area contributed by atoms with Crippen LogP contribution in [0.2, 0.25) is 10.0 Å². The molecule has 3 heterocycles. The molecule has 1 aliphatic heterocycles. The summed E-state index contributed by atoms with van der Waals surface area (Å²) in [5.41, 5.74) is -2.53. The minimum Gasteiger partial charge on any atom is -0.481 e. The highest BCUT2D eigenvalue weighted by Crippen LogP contribution is 2.43. The van der Waals surface area contributed by atoms with Gasteiger partial charge in [-0.3, -0.25) is 19.3 Å². The first-order valence-corrected chi connectivity index (χ1v) is 14.0. The molecule has 8 nitrogen and oxygen atoms in total. The number of ether oxygens (including phenoxy) is 1. The van der Waals surface area contributed by atoms with E-state index in [9.17, 15) is 27.9 Å². The smallest absolute Gasteiger partial charge is 0.433 e. The molecule has 0 bridgehead atoms. The second kappa shape index (κ2) is 11.5. The van der Waals surface area contributed by atoms with Crippen LogP contribution >= 0.6 is 23.2 Å². The van der Waals surface area contributed by atoms with E-state index in [1.807, 2.05) is 13.8 Å². The van der Waals surface area contributed by atoms with Crippen LogP contribution in [0.25, 0.3) is 0 Å². The molecule has 40 heavy (non-hydrogen) atoms. The Kier molecular flexibility index (Phi) is 8.78. The van der Waals surface area contributed by atoms with E-state index >= 15 is 0 Å². The summed E-state index contributed by atoms with van der Waals surface area (Å²) in [7, 11) is 0. The van der Waals surface area contributed by atoms with Crippen LogP contribution in [0, 0.1) is 5.41 Å². The first kappa shape index (κ1) is 30.6. The summed E-state index contributed by atoms with van der Waals surface area (Å²) in [6.07, 6.45) is 1.04. The van der Waals surface area contributed by atoms with Crippen LogP contribution in [-0.2, 0) is 22.1 Å². The van der Waals surface area contributed by atoms with E-state index in [0.717, 1.165) is 17.3 Å². The molecule has 1 amide bonds. The average molecular weight is 605 g/mol. The van der Waals surface area contributed by atoms with Gasteiger partial charge in [0, 0.05) is 25.5 Å². The molecular weight excluding hydrogens is 572 g/mol. The highest BCUT2D eigenvalue weighted by Gasteiger charge is 2.45. The second-order valence-electron chi connectivity index (χ2n) is 11.6. The van der Waals surface area contributed by atoms with E-state index < -0.39 is 46.4 Å². The lowest BCUT2D eigenvalue weighted by Crippen LogP contribution is -2.40. The molecule has 1 N–H and O–H groups in total. The first-order chi connectivity index (χ1) is 18.6. The molecule has 0 aromatic carbocycles. The minimum absolute atomic E-state index is 0.0471. The van der Waals surface area contributed by atoms with E-state index in [4.69, 9.17) is 27.9 Å². The van der Waals surface area contributed by atoms with Crippen LogP contribution in [0.5, 0.6) is 0 Å². The third-order valence-electron chi connectivity index (χ3n) is 8.06. The lowest BCUT2D eigenvalue weighted by molar-refractivity contribution is -0.152. The summed E-state index contributed by atoms with van der Waals surface area (Å²) in [5.74, 6) is -1.79. The molecule has 2 aromatic rings. The molecule has 0 spiro atoms. The maximum Gasteiger partial charge on any atom is 0.433 e. The molecular formula is C27H33Cl2F3N4O4. The normalized spacial score (nSPS) is 24.7. The molecule has 1 atom stereocenters. The maximum atomic E-state index is 14.5. The molecule has 0 radical (unpaired) electrons. The molecule has 1 saturated carbocycles. The highest BCUT2D eigenvalue weighted by atomic mass is 35.5. The van der Waals surface area contributed by atoms with Crippen LogP contribution in [0.3, 0.4) is 0 Å². The van der Waals surface area contributed by atoms with Gasteiger partial charge in [0.25, 0.3) is 5.91 Å². The zero-order chi connectivity index (χ0) is 29.5. The fourth-order valence-electron chi connectivity index (χ4n) is 5.60. The molecule has 2 aliphatic rings. The van der Waals surface area contributed by atoms with Crippen LogP contribution in [0.4, 0.5) is 13.2 Å². The van der Waals surface area contributed by atoms with Gasteiger partial charge >= 0.3 is 12.1 Å². The Labute approximate surface area is 240 Å². The Balaban J connectivity index is 1.63. The number of rotatable bonds is 8. The number of aromatic nitrogens is 3. The second-order valence-corrected chi connectivity index (χ2v) is 12.4. The van der Waals surface area contributed by atoms with Crippen LogP contribution in [-0.4, -0.2) is 61.4 Å². The number of carboxylic acid groups (broad SMARTS) is 1. The number of aliphatic carboxylic acids is 1. The van der Waals surface area contributed by atoms with Gasteiger partial charge in [-0.25, -0.2) is 0 Å². The Bertz CT molecular complexity index is 1240. The van der Waals surface area contributed by atoms with E-state index in [1.54, 1.807) is 6.92 Å². The zero-order valence-corrected chi connectivity index (χ0v) is 24.1. The van der Waals surface area contributed by atoms with Crippen molar-refractivity contribution in [3.8, 4) is 0 Å². The van der Waals surface area contributed by atoms with Gasteiger partial charge in [0.15, 0.2) is 5.69 Å². The summed E-state index contributed by atoms with van der Waals surface area (Å²) < 4.78 is 50.3. The van der Waals surface area contributed by atoms with Crippen LogP contribution in [0.1, 0.15) is 87.0 Å². The third kappa shape index (κ3) is 6.57. The van der Waals surface area contributed by atoms with Gasteiger partial charge in [-0.05, 0) is 71.3 Å². The van der Waals surface area contributed by atoms with Gasteiger partial charge in [0.1, 0.15) is 0 Å². The number of alkyl halides is 3. The minimum atomic E-state index is -4.86. The van der Waals surface area contributed by atoms with Gasteiger partial charge in [-0.1, -0.05) is 23.2 Å². The molecule has 1 aliphatic carbocycles. The van der Waals surface area contributed by atoms with Crippen LogP contribution < -0.4 is 0 Å². The Morgan fingerprint density at radius 3 is 2.25 bits per heavy atom. The van der Waals surface area contributed by atoms with E-state index in [0.29, 0.717) is 22.0 Å². The highest BCUT2D eigenvalue weighted by molar-refractivity contribution is 6.35. The van der Waals surface area contributed by atoms with Crippen molar-refractivity contribution < 1.29 is 32.6 Å². The lowest BCUT2D eigenvalue weighted by atomic mass is 9.74. The Morgan fingerprint density at radius 2 is 1.73 bits per heavy atom. The van der Waals surface area contributed by atoms with Crippen molar-refractivity contribution in [2.45, 2.75) is 89.6 Å². The van der Waals surface area contributed by atoms with Crippen molar-refractivity contribution in [1.82, 2.24) is 19.7 Å². The molecule has 1 unspecified atom stereocenters. The van der Waals surface area contributed by atoms with Gasteiger partial charge in [0.2, 0.25) is 0 Å².